The fourth-order valence-electron chi connectivity index (χ4n) is 4.66. The normalized spacial score (nSPS) is 27.0. The van der Waals surface area contributed by atoms with Gasteiger partial charge in [0.2, 0.25) is 0 Å². The number of carbonyl (C=O) groups is 1. The van der Waals surface area contributed by atoms with Crippen LogP contribution in [0.4, 0.5) is 15.8 Å². The van der Waals surface area contributed by atoms with E-state index in [1.165, 1.54) is 17.0 Å². The number of rotatable bonds is 3. The fraction of sp³-hybridized carbons (Fsp3) is 0.435. The molecule has 6 nitrogen and oxygen atoms in total. The van der Waals surface area contributed by atoms with Gasteiger partial charge in [0.05, 0.1) is 44.6 Å². The molecule has 3 heterocycles. The summed E-state index contributed by atoms with van der Waals surface area (Å²) in [6, 6.07) is 14.4. The summed E-state index contributed by atoms with van der Waals surface area (Å²) in [7, 11) is 0. The summed E-state index contributed by atoms with van der Waals surface area (Å²) in [4.78, 5) is 18.9. The standard InChI is InChI=1S/C23H26FN3O3/c1-17-10-15-29-23(30-17)20-4-2-3-5-21(20)27(22(23)28)16-25-11-13-26(14-12-25)19-8-6-18(24)7-9-19/h2-9,17H,10-16H2,1H3/p+1/t17-,23-/m1/s1. The lowest BCUT2D eigenvalue weighted by molar-refractivity contribution is -0.899. The van der Waals surface area contributed by atoms with Crippen LogP contribution < -0.4 is 14.7 Å². The van der Waals surface area contributed by atoms with Crippen LogP contribution in [0.2, 0.25) is 0 Å². The molecule has 1 N–H and O–H groups in total. The van der Waals surface area contributed by atoms with Crippen molar-refractivity contribution in [2.24, 2.45) is 0 Å². The molecule has 158 valence electrons. The number of benzene rings is 2. The highest BCUT2D eigenvalue weighted by Crippen LogP contribution is 2.45. The number of halogens is 1. The Hall–Kier alpha value is -2.48. The maximum Gasteiger partial charge on any atom is 0.296 e. The maximum atomic E-state index is 13.5. The molecule has 0 saturated carbocycles. The van der Waals surface area contributed by atoms with Crippen LogP contribution in [-0.4, -0.2) is 51.5 Å². The molecule has 30 heavy (non-hydrogen) atoms. The van der Waals surface area contributed by atoms with E-state index >= 15 is 0 Å². The van der Waals surface area contributed by atoms with E-state index in [1.54, 1.807) is 0 Å². The summed E-state index contributed by atoms with van der Waals surface area (Å²) >= 11 is 0. The fourth-order valence-corrected chi connectivity index (χ4v) is 4.66. The highest BCUT2D eigenvalue weighted by Gasteiger charge is 2.56. The molecule has 2 aromatic rings. The van der Waals surface area contributed by atoms with Crippen molar-refractivity contribution >= 4 is 17.3 Å². The first-order valence-electron chi connectivity index (χ1n) is 10.6. The van der Waals surface area contributed by atoms with E-state index in [9.17, 15) is 9.18 Å². The van der Waals surface area contributed by atoms with Crippen molar-refractivity contribution in [2.75, 3.05) is 49.3 Å². The first-order valence-corrected chi connectivity index (χ1v) is 10.6. The summed E-state index contributed by atoms with van der Waals surface area (Å²) in [6.07, 6.45) is 0.760. The number of quaternary nitrogens is 1. The molecular formula is C23H27FN3O3+. The molecule has 0 bridgehead atoms. The second kappa shape index (κ2) is 7.65. The number of ether oxygens (including phenoxy) is 2. The molecule has 0 radical (unpaired) electrons. The molecule has 0 aliphatic carbocycles. The first-order chi connectivity index (χ1) is 14.6. The predicted octanol–water partition coefficient (Wildman–Crippen LogP) is 1.51. The summed E-state index contributed by atoms with van der Waals surface area (Å²) < 4.78 is 25.3. The largest absolute Gasteiger partial charge is 0.360 e. The zero-order chi connectivity index (χ0) is 20.7. The van der Waals surface area contributed by atoms with Gasteiger partial charge in [0.25, 0.3) is 11.7 Å². The van der Waals surface area contributed by atoms with E-state index in [0.717, 1.165) is 49.5 Å². The van der Waals surface area contributed by atoms with Gasteiger partial charge in [-0.1, -0.05) is 18.2 Å². The van der Waals surface area contributed by atoms with Crippen molar-refractivity contribution in [3.8, 4) is 0 Å². The smallest absolute Gasteiger partial charge is 0.296 e. The van der Waals surface area contributed by atoms with Crippen LogP contribution in [0.25, 0.3) is 0 Å². The number of anilines is 2. The second-order valence-electron chi connectivity index (χ2n) is 8.30. The Morgan fingerprint density at radius 2 is 1.87 bits per heavy atom. The topological polar surface area (TPSA) is 46.5 Å². The van der Waals surface area contributed by atoms with Crippen molar-refractivity contribution in [2.45, 2.75) is 25.2 Å². The van der Waals surface area contributed by atoms with Gasteiger partial charge in [-0.25, -0.2) is 4.39 Å². The van der Waals surface area contributed by atoms with E-state index in [2.05, 4.69) is 4.90 Å². The van der Waals surface area contributed by atoms with E-state index in [-0.39, 0.29) is 17.8 Å². The van der Waals surface area contributed by atoms with Gasteiger partial charge in [-0.05, 0) is 43.7 Å². The molecule has 2 aromatic carbocycles. The summed E-state index contributed by atoms with van der Waals surface area (Å²) in [5, 5.41) is 0. The van der Waals surface area contributed by atoms with Gasteiger partial charge >= 0.3 is 0 Å². The molecule has 2 atom stereocenters. The monoisotopic (exact) mass is 412 g/mol. The Morgan fingerprint density at radius 3 is 2.60 bits per heavy atom. The van der Waals surface area contributed by atoms with Crippen LogP contribution in [-0.2, 0) is 20.1 Å². The molecule has 2 fully saturated rings. The van der Waals surface area contributed by atoms with Crippen molar-refractivity contribution in [3.05, 3.63) is 59.9 Å². The number of piperazine rings is 1. The number of nitrogens with zero attached hydrogens (tertiary/aromatic N) is 2. The molecule has 3 aliphatic heterocycles. The van der Waals surface area contributed by atoms with Gasteiger partial charge in [-0.15, -0.1) is 0 Å². The molecule has 7 heteroatoms. The van der Waals surface area contributed by atoms with E-state index in [1.807, 2.05) is 48.2 Å². The van der Waals surface area contributed by atoms with Crippen LogP contribution in [0.3, 0.4) is 0 Å². The molecule has 0 aromatic heterocycles. The minimum Gasteiger partial charge on any atom is -0.360 e. The van der Waals surface area contributed by atoms with Gasteiger partial charge < -0.3 is 19.3 Å². The van der Waals surface area contributed by atoms with Crippen LogP contribution in [0.5, 0.6) is 0 Å². The number of hydrogen-bond donors (Lipinski definition) is 1. The molecule has 2 saturated heterocycles. The van der Waals surface area contributed by atoms with Gasteiger partial charge in [0.15, 0.2) is 6.67 Å². The Labute approximate surface area is 175 Å². The maximum absolute atomic E-state index is 13.5. The van der Waals surface area contributed by atoms with Gasteiger partial charge in [-0.2, -0.15) is 0 Å². The molecule has 0 unspecified atom stereocenters. The highest BCUT2D eigenvalue weighted by molar-refractivity contribution is 6.05. The number of carbonyl (C=O) groups excluding carboxylic acids is 1. The summed E-state index contributed by atoms with van der Waals surface area (Å²) in [5.41, 5.74) is 2.73. The minimum absolute atomic E-state index is 0.0256. The number of hydrogen-bond acceptors (Lipinski definition) is 4. The molecule has 3 aliphatic rings. The minimum atomic E-state index is -1.30. The highest BCUT2D eigenvalue weighted by atomic mass is 19.1. The lowest BCUT2D eigenvalue weighted by Gasteiger charge is -2.37. The zero-order valence-corrected chi connectivity index (χ0v) is 17.1. The first kappa shape index (κ1) is 19.5. The van der Waals surface area contributed by atoms with E-state index < -0.39 is 5.79 Å². The van der Waals surface area contributed by atoms with Crippen molar-refractivity contribution in [1.29, 1.82) is 0 Å². The number of fused-ring (bicyclic) bond motifs is 2. The van der Waals surface area contributed by atoms with Crippen LogP contribution in [0.1, 0.15) is 18.9 Å². The average Bonchev–Trinajstić information content (AvgIpc) is 2.98. The van der Waals surface area contributed by atoms with E-state index in [4.69, 9.17) is 9.47 Å². The molecule has 1 spiro atoms. The lowest BCUT2D eigenvalue weighted by atomic mass is 10.1. The Morgan fingerprint density at radius 1 is 1.13 bits per heavy atom. The van der Waals surface area contributed by atoms with Crippen LogP contribution in [0, 0.1) is 5.82 Å². The van der Waals surface area contributed by atoms with Gasteiger partial charge in [-0.3, -0.25) is 9.69 Å². The second-order valence-corrected chi connectivity index (χ2v) is 8.30. The van der Waals surface area contributed by atoms with Crippen molar-refractivity contribution in [3.63, 3.8) is 0 Å². The third-order valence-electron chi connectivity index (χ3n) is 6.32. The van der Waals surface area contributed by atoms with Crippen molar-refractivity contribution in [1.82, 2.24) is 0 Å². The predicted molar refractivity (Wildman–Crippen MR) is 111 cm³/mol. The zero-order valence-electron chi connectivity index (χ0n) is 17.1. The molecule has 5 rings (SSSR count). The number of nitrogens with one attached hydrogen (secondary N) is 1. The van der Waals surface area contributed by atoms with Gasteiger partial charge in [0.1, 0.15) is 5.82 Å². The quantitative estimate of drug-likeness (QED) is 0.831. The van der Waals surface area contributed by atoms with Crippen LogP contribution >= 0.6 is 0 Å². The summed E-state index contributed by atoms with van der Waals surface area (Å²) in [6.45, 7) is 6.60. The van der Waals surface area contributed by atoms with Crippen molar-refractivity contribution < 1.29 is 23.6 Å². The molecular weight excluding hydrogens is 385 g/mol. The van der Waals surface area contributed by atoms with Gasteiger partial charge in [0, 0.05) is 11.3 Å². The Kier molecular flexibility index (Phi) is 4.97. The Bertz CT molecular complexity index is 930. The number of para-hydroxylation sites is 1. The molecule has 1 amide bonds. The lowest BCUT2D eigenvalue weighted by Crippen LogP contribution is -3.16. The third kappa shape index (κ3) is 3.27. The average molecular weight is 412 g/mol. The van der Waals surface area contributed by atoms with E-state index in [0.29, 0.717) is 13.3 Å². The van der Waals surface area contributed by atoms with Crippen LogP contribution in [0.15, 0.2) is 48.5 Å². The Balaban J connectivity index is 1.31. The summed E-state index contributed by atoms with van der Waals surface area (Å²) in [5.74, 6) is -1.64. The number of amides is 1. The SMILES string of the molecule is C[C@@H]1CCO[C@]2(O1)C(=O)N(C[NH+]1CCN(c3ccc(F)cc3)CC1)c1ccccc12. The third-order valence-corrected chi connectivity index (χ3v) is 6.32.